The maximum absolute atomic E-state index is 11.9. The van der Waals surface area contributed by atoms with Gasteiger partial charge in [0.1, 0.15) is 0 Å². The van der Waals surface area contributed by atoms with Crippen molar-refractivity contribution >= 4 is 15.9 Å². The van der Waals surface area contributed by atoms with Gasteiger partial charge in [0.2, 0.25) is 5.88 Å². The van der Waals surface area contributed by atoms with Crippen LogP contribution >= 0.6 is 15.9 Å². The van der Waals surface area contributed by atoms with Crippen LogP contribution in [-0.2, 0) is 6.42 Å². The molecule has 0 saturated carbocycles. The van der Waals surface area contributed by atoms with E-state index in [0.29, 0.717) is 17.3 Å². The average Bonchev–Trinajstić information content (AvgIpc) is 2.08. The van der Waals surface area contributed by atoms with Crippen LogP contribution in [0.3, 0.4) is 0 Å². The molecule has 0 amide bonds. The molecule has 0 bridgehead atoms. The van der Waals surface area contributed by atoms with E-state index >= 15 is 0 Å². The van der Waals surface area contributed by atoms with Crippen LogP contribution in [0.4, 0.5) is 8.78 Å². The highest BCUT2D eigenvalue weighted by atomic mass is 79.9. The number of halogens is 3. The number of ether oxygens (including phenoxy) is 1. The molecule has 1 aromatic rings. The SMILES string of the molecule is FC(F)Oc1ncccc1CCBr. The molecule has 0 unspecified atom stereocenters. The zero-order valence-electron chi connectivity index (χ0n) is 6.71. The molecule has 0 aliphatic carbocycles. The topological polar surface area (TPSA) is 22.1 Å². The van der Waals surface area contributed by atoms with Gasteiger partial charge in [0.25, 0.3) is 0 Å². The first kappa shape index (κ1) is 10.4. The Kier molecular flexibility index (Phi) is 4.08. The molecular formula is C8H8BrF2NO. The summed E-state index contributed by atoms with van der Waals surface area (Å²) in [6.07, 6.45) is 2.05. The first-order valence-corrected chi connectivity index (χ1v) is 4.81. The maximum Gasteiger partial charge on any atom is 0.388 e. The molecule has 1 heterocycles. The monoisotopic (exact) mass is 251 g/mol. The highest BCUT2D eigenvalue weighted by Gasteiger charge is 2.09. The molecule has 1 aromatic heterocycles. The lowest BCUT2D eigenvalue weighted by Crippen LogP contribution is -2.06. The summed E-state index contributed by atoms with van der Waals surface area (Å²) in [6, 6.07) is 3.41. The minimum atomic E-state index is -2.82. The Morgan fingerprint density at radius 1 is 1.54 bits per heavy atom. The molecule has 0 saturated heterocycles. The van der Waals surface area contributed by atoms with Gasteiger partial charge in [-0.3, -0.25) is 0 Å². The quantitative estimate of drug-likeness (QED) is 0.768. The van der Waals surface area contributed by atoms with Gasteiger partial charge >= 0.3 is 6.61 Å². The molecule has 1 rings (SSSR count). The normalized spacial score (nSPS) is 10.5. The van der Waals surface area contributed by atoms with E-state index in [2.05, 4.69) is 25.7 Å². The summed E-state index contributed by atoms with van der Waals surface area (Å²) in [4.78, 5) is 3.71. The molecule has 0 aliphatic heterocycles. The molecule has 0 radical (unpaired) electrons. The van der Waals surface area contributed by atoms with Gasteiger partial charge in [-0.15, -0.1) is 0 Å². The molecule has 2 nitrogen and oxygen atoms in total. The molecule has 0 aromatic carbocycles. The van der Waals surface area contributed by atoms with E-state index in [-0.39, 0.29) is 5.88 Å². The van der Waals surface area contributed by atoms with Crippen molar-refractivity contribution in [1.82, 2.24) is 4.98 Å². The van der Waals surface area contributed by atoms with Crippen molar-refractivity contribution in [2.75, 3.05) is 5.33 Å². The van der Waals surface area contributed by atoms with Gasteiger partial charge in [-0.1, -0.05) is 22.0 Å². The molecule has 13 heavy (non-hydrogen) atoms. The summed E-state index contributed by atoms with van der Waals surface area (Å²) in [5.74, 6) is 0.0111. The fraction of sp³-hybridized carbons (Fsp3) is 0.375. The Bertz CT molecular complexity index is 270. The Labute approximate surface area is 83.1 Å². The predicted molar refractivity (Wildman–Crippen MR) is 48.4 cm³/mol. The van der Waals surface area contributed by atoms with Gasteiger partial charge in [0.05, 0.1) is 0 Å². The van der Waals surface area contributed by atoms with Gasteiger partial charge in [-0.25, -0.2) is 4.98 Å². The van der Waals surface area contributed by atoms with Crippen molar-refractivity contribution in [3.63, 3.8) is 0 Å². The van der Waals surface area contributed by atoms with E-state index in [1.54, 1.807) is 12.1 Å². The van der Waals surface area contributed by atoms with Crippen LogP contribution in [0.15, 0.2) is 18.3 Å². The van der Waals surface area contributed by atoms with Gasteiger partial charge in [-0.2, -0.15) is 8.78 Å². The molecule has 72 valence electrons. The molecule has 0 aliphatic rings. The van der Waals surface area contributed by atoms with Crippen LogP contribution in [0.25, 0.3) is 0 Å². The second-order valence-electron chi connectivity index (χ2n) is 2.29. The predicted octanol–water partition coefficient (Wildman–Crippen LogP) is 2.62. The van der Waals surface area contributed by atoms with Gasteiger partial charge < -0.3 is 4.74 Å². The first-order valence-electron chi connectivity index (χ1n) is 3.68. The van der Waals surface area contributed by atoms with E-state index < -0.39 is 6.61 Å². The number of aryl methyl sites for hydroxylation is 1. The van der Waals surface area contributed by atoms with Crippen LogP contribution in [0, 0.1) is 0 Å². The summed E-state index contributed by atoms with van der Waals surface area (Å²) in [5, 5.41) is 0.693. The Morgan fingerprint density at radius 2 is 2.31 bits per heavy atom. The fourth-order valence-corrected chi connectivity index (χ4v) is 1.33. The van der Waals surface area contributed by atoms with E-state index in [1.807, 2.05) is 0 Å². The zero-order valence-corrected chi connectivity index (χ0v) is 8.30. The number of hydrogen-bond donors (Lipinski definition) is 0. The smallest absolute Gasteiger partial charge is 0.388 e. The third-order valence-electron chi connectivity index (χ3n) is 1.41. The van der Waals surface area contributed by atoms with Crippen molar-refractivity contribution in [1.29, 1.82) is 0 Å². The van der Waals surface area contributed by atoms with Gasteiger partial charge in [0.15, 0.2) is 0 Å². The van der Waals surface area contributed by atoms with Crippen molar-refractivity contribution in [3.8, 4) is 5.88 Å². The second kappa shape index (κ2) is 5.11. The third-order valence-corrected chi connectivity index (χ3v) is 1.81. The lowest BCUT2D eigenvalue weighted by atomic mass is 10.2. The lowest BCUT2D eigenvalue weighted by Gasteiger charge is -2.07. The van der Waals surface area contributed by atoms with Crippen LogP contribution in [0.1, 0.15) is 5.56 Å². The average molecular weight is 252 g/mol. The summed E-state index contributed by atoms with van der Waals surface area (Å²) >= 11 is 3.22. The van der Waals surface area contributed by atoms with Crippen LogP contribution in [-0.4, -0.2) is 16.9 Å². The molecular weight excluding hydrogens is 244 g/mol. The van der Waals surface area contributed by atoms with Gasteiger partial charge in [-0.05, 0) is 12.5 Å². The largest absolute Gasteiger partial charge is 0.417 e. The second-order valence-corrected chi connectivity index (χ2v) is 3.08. The highest BCUT2D eigenvalue weighted by Crippen LogP contribution is 2.17. The summed E-state index contributed by atoms with van der Waals surface area (Å²) in [7, 11) is 0. The molecule has 0 atom stereocenters. The zero-order chi connectivity index (χ0) is 9.68. The van der Waals surface area contributed by atoms with Crippen molar-refractivity contribution in [3.05, 3.63) is 23.9 Å². The van der Waals surface area contributed by atoms with Crippen LogP contribution < -0.4 is 4.74 Å². The van der Waals surface area contributed by atoms with Crippen LogP contribution in [0.2, 0.25) is 0 Å². The van der Waals surface area contributed by atoms with Crippen molar-refractivity contribution < 1.29 is 13.5 Å². The third kappa shape index (κ3) is 3.26. The Hall–Kier alpha value is -0.710. The van der Waals surface area contributed by atoms with E-state index in [1.165, 1.54) is 6.20 Å². The van der Waals surface area contributed by atoms with Gasteiger partial charge in [0, 0.05) is 17.1 Å². The fourth-order valence-electron chi connectivity index (χ4n) is 0.907. The first-order chi connectivity index (χ1) is 6.24. The number of aromatic nitrogens is 1. The standard InChI is InChI=1S/C8H8BrF2NO/c9-4-3-6-2-1-5-12-7(6)13-8(10)11/h1-2,5,8H,3-4H2. The van der Waals surface area contributed by atoms with E-state index in [9.17, 15) is 8.78 Å². The maximum atomic E-state index is 11.9. The van der Waals surface area contributed by atoms with Crippen LogP contribution in [0.5, 0.6) is 5.88 Å². The number of rotatable bonds is 4. The summed E-state index contributed by atoms with van der Waals surface area (Å²) in [5.41, 5.74) is 0.680. The Morgan fingerprint density at radius 3 is 2.92 bits per heavy atom. The van der Waals surface area contributed by atoms with E-state index in [4.69, 9.17) is 0 Å². The highest BCUT2D eigenvalue weighted by molar-refractivity contribution is 9.09. The van der Waals surface area contributed by atoms with Crippen molar-refractivity contribution in [2.24, 2.45) is 0 Å². The minimum Gasteiger partial charge on any atom is -0.417 e. The molecule has 0 spiro atoms. The number of hydrogen-bond acceptors (Lipinski definition) is 2. The number of nitrogens with zero attached hydrogens (tertiary/aromatic N) is 1. The summed E-state index contributed by atoms with van der Waals surface area (Å²) in [6.45, 7) is -2.82. The lowest BCUT2D eigenvalue weighted by molar-refractivity contribution is -0.0534. The minimum absolute atomic E-state index is 0.0111. The molecule has 0 fully saturated rings. The van der Waals surface area contributed by atoms with Crippen molar-refractivity contribution in [2.45, 2.75) is 13.0 Å². The summed E-state index contributed by atoms with van der Waals surface area (Å²) < 4.78 is 28.0. The molecule has 0 N–H and O–H groups in total. The Balaban J connectivity index is 2.78. The molecule has 5 heteroatoms. The number of pyridine rings is 1. The number of alkyl halides is 3. The van der Waals surface area contributed by atoms with E-state index in [0.717, 1.165) is 0 Å².